The van der Waals surface area contributed by atoms with Crippen molar-refractivity contribution >= 4 is 15.9 Å². The van der Waals surface area contributed by atoms with Gasteiger partial charge in [0, 0.05) is 18.7 Å². The molecular weight excluding hydrogens is 332 g/mol. The number of hydrogen-bond donors (Lipinski definition) is 1. The van der Waals surface area contributed by atoms with Crippen LogP contribution in [0.3, 0.4) is 0 Å². The highest BCUT2D eigenvalue weighted by Gasteiger charge is 2.14. The van der Waals surface area contributed by atoms with Gasteiger partial charge in [0.25, 0.3) is 0 Å². The van der Waals surface area contributed by atoms with E-state index < -0.39 is 6.10 Å². The summed E-state index contributed by atoms with van der Waals surface area (Å²) < 4.78 is 8.02. The molecule has 0 bridgehead atoms. The van der Waals surface area contributed by atoms with Gasteiger partial charge in [0.05, 0.1) is 23.4 Å². The summed E-state index contributed by atoms with van der Waals surface area (Å²) in [6.45, 7) is 4.96. The first kappa shape index (κ1) is 16.0. The van der Waals surface area contributed by atoms with Gasteiger partial charge in [0.2, 0.25) is 0 Å². The Morgan fingerprint density at radius 2 is 2.10 bits per heavy atom. The third-order valence-corrected chi connectivity index (χ3v) is 4.16. The minimum atomic E-state index is -0.557. The van der Waals surface area contributed by atoms with Crippen LogP contribution in [-0.2, 0) is 19.4 Å². The van der Waals surface area contributed by atoms with Gasteiger partial charge in [-0.3, -0.25) is 4.68 Å². The fourth-order valence-electron chi connectivity index (χ4n) is 2.33. The first-order valence-corrected chi connectivity index (χ1v) is 7.95. The zero-order chi connectivity index (χ0) is 15.4. The molecule has 1 unspecified atom stereocenters. The number of rotatable bonds is 6. The Labute approximate surface area is 133 Å². The largest absolute Gasteiger partial charge is 0.496 e. The molecule has 0 aliphatic carbocycles. The maximum atomic E-state index is 10.5. The van der Waals surface area contributed by atoms with Crippen molar-refractivity contribution in [2.24, 2.45) is 0 Å². The monoisotopic (exact) mass is 352 g/mol. The SMILES string of the molecule is CCc1cc(CC(O)c2ccc(OC)c(Br)c2)n(CC)n1. The lowest BCUT2D eigenvalue weighted by Gasteiger charge is -2.13. The van der Waals surface area contributed by atoms with Crippen molar-refractivity contribution in [2.45, 2.75) is 39.3 Å². The number of aliphatic hydroxyl groups excluding tert-OH is 1. The number of nitrogens with zero attached hydrogens (tertiary/aromatic N) is 2. The van der Waals surface area contributed by atoms with Gasteiger partial charge in [-0.2, -0.15) is 5.10 Å². The third kappa shape index (κ3) is 3.66. The van der Waals surface area contributed by atoms with E-state index in [1.165, 1.54) is 0 Å². The maximum absolute atomic E-state index is 10.5. The number of halogens is 1. The molecule has 1 atom stereocenters. The Morgan fingerprint density at radius 1 is 1.33 bits per heavy atom. The molecule has 0 aliphatic rings. The van der Waals surface area contributed by atoms with Gasteiger partial charge >= 0.3 is 0 Å². The maximum Gasteiger partial charge on any atom is 0.133 e. The second kappa shape index (κ2) is 7.09. The molecule has 0 saturated heterocycles. The normalized spacial score (nSPS) is 12.4. The molecule has 0 aliphatic heterocycles. The molecule has 0 spiro atoms. The lowest BCUT2D eigenvalue weighted by atomic mass is 10.0. The lowest BCUT2D eigenvalue weighted by Crippen LogP contribution is -2.08. The molecule has 1 heterocycles. The van der Waals surface area contributed by atoms with Gasteiger partial charge in [-0.25, -0.2) is 0 Å². The molecule has 1 N–H and O–H groups in total. The molecule has 4 nitrogen and oxygen atoms in total. The molecule has 2 aromatic rings. The van der Waals surface area contributed by atoms with E-state index in [1.807, 2.05) is 22.9 Å². The Balaban J connectivity index is 2.19. The van der Waals surface area contributed by atoms with E-state index in [0.29, 0.717) is 6.42 Å². The molecule has 0 radical (unpaired) electrons. The molecule has 114 valence electrons. The second-order valence-electron chi connectivity index (χ2n) is 4.91. The number of aliphatic hydroxyl groups is 1. The van der Waals surface area contributed by atoms with Crippen LogP contribution in [0.4, 0.5) is 0 Å². The summed E-state index contributed by atoms with van der Waals surface area (Å²) in [7, 11) is 1.63. The summed E-state index contributed by atoms with van der Waals surface area (Å²) in [6.07, 6.45) is 0.906. The molecular formula is C16H21BrN2O2. The Kier molecular flexibility index (Phi) is 5.42. The van der Waals surface area contributed by atoms with E-state index in [2.05, 4.69) is 40.9 Å². The quantitative estimate of drug-likeness (QED) is 0.865. The smallest absolute Gasteiger partial charge is 0.133 e. The molecule has 21 heavy (non-hydrogen) atoms. The fraction of sp³-hybridized carbons (Fsp3) is 0.438. The summed E-state index contributed by atoms with van der Waals surface area (Å²) in [5, 5.41) is 15.0. The first-order valence-electron chi connectivity index (χ1n) is 7.16. The number of methoxy groups -OCH3 is 1. The van der Waals surface area contributed by atoms with Crippen LogP contribution < -0.4 is 4.74 Å². The van der Waals surface area contributed by atoms with Crippen LogP contribution in [-0.4, -0.2) is 22.0 Å². The molecule has 1 aromatic heterocycles. The molecule has 0 amide bonds. The van der Waals surface area contributed by atoms with Crippen LogP contribution in [0.2, 0.25) is 0 Å². The highest BCUT2D eigenvalue weighted by Crippen LogP contribution is 2.29. The van der Waals surface area contributed by atoms with Gasteiger partial charge in [-0.15, -0.1) is 0 Å². The summed E-state index contributed by atoms with van der Waals surface area (Å²) >= 11 is 3.45. The average Bonchev–Trinajstić information content (AvgIpc) is 2.89. The minimum Gasteiger partial charge on any atom is -0.496 e. The molecule has 1 aromatic carbocycles. The van der Waals surface area contributed by atoms with E-state index in [0.717, 1.165) is 40.1 Å². The molecule has 0 fully saturated rings. The summed E-state index contributed by atoms with van der Waals surface area (Å²) in [5.41, 5.74) is 2.99. The van der Waals surface area contributed by atoms with Crippen LogP contribution in [0, 0.1) is 0 Å². The average molecular weight is 353 g/mol. The Hall–Kier alpha value is -1.33. The fourth-order valence-corrected chi connectivity index (χ4v) is 2.89. The number of benzene rings is 1. The van der Waals surface area contributed by atoms with E-state index in [9.17, 15) is 5.11 Å². The number of aromatic nitrogens is 2. The summed E-state index contributed by atoms with van der Waals surface area (Å²) in [4.78, 5) is 0. The second-order valence-corrected chi connectivity index (χ2v) is 5.76. The van der Waals surface area contributed by atoms with Gasteiger partial charge in [0.15, 0.2) is 0 Å². The highest BCUT2D eigenvalue weighted by atomic mass is 79.9. The van der Waals surface area contributed by atoms with Crippen molar-refractivity contribution < 1.29 is 9.84 Å². The predicted octanol–water partition coefficient (Wildman–Crippen LogP) is 3.51. The molecule has 2 rings (SSSR count). The summed E-state index contributed by atoms with van der Waals surface area (Å²) in [6, 6.07) is 7.72. The summed E-state index contributed by atoms with van der Waals surface area (Å²) in [5.74, 6) is 0.762. The van der Waals surface area contributed by atoms with Crippen LogP contribution in [0.5, 0.6) is 5.75 Å². The van der Waals surface area contributed by atoms with Gasteiger partial charge < -0.3 is 9.84 Å². The van der Waals surface area contributed by atoms with Gasteiger partial charge in [-0.1, -0.05) is 13.0 Å². The van der Waals surface area contributed by atoms with Gasteiger partial charge in [-0.05, 0) is 53.0 Å². The van der Waals surface area contributed by atoms with Crippen molar-refractivity contribution in [3.05, 3.63) is 45.7 Å². The van der Waals surface area contributed by atoms with Crippen molar-refractivity contribution in [3.8, 4) is 5.75 Å². The van der Waals surface area contributed by atoms with Crippen molar-refractivity contribution in [1.29, 1.82) is 0 Å². The zero-order valence-corrected chi connectivity index (χ0v) is 14.2. The Morgan fingerprint density at radius 3 is 2.67 bits per heavy atom. The van der Waals surface area contributed by atoms with Crippen LogP contribution >= 0.6 is 15.9 Å². The molecule has 0 saturated carbocycles. The first-order chi connectivity index (χ1) is 10.1. The number of aryl methyl sites for hydroxylation is 2. The van der Waals surface area contributed by atoms with E-state index >= 15 is 0 Å². The lowest BCUT2D eigenvalue weighted by molar-refractivity contribution is 0.175. The van der Waals surface area contributed by atoms with Gasteiger partial charge in [0.1, 0.15) is 5.75 Å². The van der Waals surface area contributed by atoms with Crippen LogP contribution in [0.25, 0.3) is 0 Å². The van der Waals surface area contributed by atoms with Crippen molar-refractivity contribution in [1.82, 2.24) is 9.78 Å². The van der Waals surface area contributed by atoms with Crippen molar-refractivity contribution in [3.63, 3.8) is 0 Å². The van der Waals surface area contributed by atoms with Crippen LogP contribution in [0.1, 0.15) is 36.9 Å². The van der Waals surface area contributed by atoms with E-state index in [-0.39, 0.29) is 0 Å². The third-order valence-electron chi connectivity index (χ3n) is 3.54. The van der Waals surface area contributed by atoms with E-state index in [4.69, 9.17) is 4.74 Å². The van der Waals surface area contributed by atoms with Crippen LogP contribution in [0.15, 0.2) is 28.7 Å². The standard InChI is InChI=1S/C16H21BrN2O2/c1-4-12-9-13(19(5-2)18-12)10-15(20)11-6-7-16(21-3)14(17)8-11/h6-9,15,20H,4-5,10H2,1-3H3. The topological polar surface area (TPSA) is 47.3 Å². The minimum absolute atomic E-state index is 0.555. The zero-order valence-electron chi connectivity index (χ0n) is 12.6. The number of hydrogen-bond acceptors (Lipinski definition) is 3. The molecule has 5 heteroatoms. The highest BCUT2D eigenvalue weighted by molar-refractivity contribution is 9.10. The predicted molar refractivity (Wildman–Crippen MR) is 86.6 cm³/mol. The Bertz CT molecular complexity index is 610. The van der Waals surface area contributed by atoms with E-state index in [1.54, 1.807) is 7.11 Å². The van der Waals surface area contributed by atoms with Crippen molar-refractivity contribution in [2.75, 3.05) is 7.11 Å². The number of ether oxygens (including phenoxy) is 1.